The number of methoxy groups -OCH3 is 1. The van der Waals surface area contributed by atoms with Crippen LogP contribution in [0.25, 0.3) is 11.4 Å². The third-order valence-corrected chi connectivity index (χ3v) is 4.64. The smallest absolute Gasteiger partial charge is 0.228 e. The summed E-state index contributed by atoms with van der Waals surface area (Å²) in [5.41, 5.74) is 1.85. The van der Waals surface area contributed by atoms with E-state index in [1.807, 2.05) is 59.5 Å². The van der Waals surface area contributed by atoms with E-state index >= 15 is 0 Å². The summed E-state index contributed by atoms with van der Waals surface area (Å²) >= 11 is 0. The van der Waals surface area contributed by atoms with Gasteiger partial charge in [0.2, 0.25) is 17.6 Å². The predicted octanol–water partition coefficient (Wildman–Crippen LogP) is 4.75. The van der Waals surface area contributed by atoms with Crippen molar-refractivity contribution in [3.8, 4) is 17.1 Å². The summed E-state index contributed by atoms with van der Waals surface area (Å²) in [4.78, 5) is 19.3. The number of nitrogens with zero attached hydrogens (tertiary/aromatic N) is 3. The summed E-state index contributed by atoms with van der Waals surface area (Å²) in [6.45, 7) is 7.30. The first-order valence-corrected chi connectivity index (χ1v) is 10.1. The molecular formula is C24H29N3O3. The molecule has 6 heteroatoms. The fourth-order valence-corrected chi connectivity index (χ4v) is 3.13. The van der Waals surface area contributed by atoms with Crippen LogP contribution < -0.4 is 4.74 Å². The van der Waals surface area contributed by atoms with Gasteiger partial charge in [-0.2, -0.15) is 4.98 Å². The summed E-state index contributed by atoms with van der Waals surface area (Å²) < 4.78 is 10.7. The Morgan fingerprint density at radius 3 is 2.57 bits per heavy atom. The van der Waals surface area contributed by atoms with Crippen molar-refractivity contribution in [2.45, 2.75) is 40.2 Å². The lowest BCUT2D eigenvalue weighted by Crippen LogP contribution is -2.34. The second-order valence-electron chi connectivity index (χ2n) is 8.53. The van der Waals surface area contributed by atoms with Gasteiger partial charge in [0, 0.05) is 31.5 Å². The molecule has 0 aliphatic carbocycles. The Labute approximate surface area is 177 Å². The average molecular weight is 408 g/mol. The Hall–Kier alpha value is -3.15. The van der Waals surface area contributed by atoms with E-state index in [1.165, 1.54) is 0 Å². The van der Waals surface area contributed by atoms with Crippen molar-refractivity contribution < 1.29 is 14.1 Å². The first kappa shape index (κ1) is 21.6. The van der Waals surface area contributed by atoms with Gasteiger partial charge in [0.25, 0.3) is 0 Å². The molecule has 0 bridgehead atoms. The summed E-state index contributed by atoms with van der Waals surface area (Å²) in [7, 11) is 1.62. The standard InChI is InChI=1S/C24H29N3O3/c1-24(2,3)16-22(28)27(17-18-9-6-5-7-10-18)14-13-21-25-23(26-30-21)19-11-8-12-20(15-19)29-4/h5-12,15H,13-14,16-17H2,1-4H3. The minimum Gasteiger partial charge on any atom is -0.497 e. The molecule has 0 saturated carbocycles. The predicted molar refractivity (Wildman–Crippen MR) is 116 cm³/mol. The number of hydrogen-bond donors (Lipinski definition) is 0. The zero-order valence-electron chi connectivity index (χ0n) is 18.1. The van der Waals surface area contributed by atoms with Gasteiger partial charge in [-0.25, -0.2) is 0 Å². The molecule has 3 aromatic rings. The topological polar surface area (TPSA) is 68.5 Å². The quantitative estimate of drug-likeness (QED) is 0.539. The van der Waals surface area contributed by atoms with Gasteiger partial charge < -0.3 is 14.2 Å². The van der Waals surface area contributed by atoms with Crippen LogP contribution in [0.4, 0.5) is 0 Å². The monoisotopic (exact) mass is 407 g/mol. The van der Waals surface area contributed by atoms with Gasteiger partial charge in [-0.05, 0) is 23.1 Å². The van der Waals surface area contributed by atoms with Crippen LogP contribution in [0.5, 0.6) is 5.75 Å². The Morgan fingerprint density at radius 2 is 1.87 bits per heavy atom. The van der Waals surface area contributed by atoms with E-state index in [9.17, 15) is 4.79 Å². The molecule has 0 atom stereocenters. The van der Waals surface area contributed by atoms with Gasteiger partial charge in [-0.3, -0.25) is 4.79 Å². The largest absolute Gasteiger partial charge is 0.497 e. The molecule has 1 heterocycles. The third kappa shape index (κ3) is 6.17. The number of benzene rings is 2. The van der Waals surface area contributed by atoms with Crippen LogP contribution in [-0.4, -0.2) is 34.6 Å². The molecule has 2 aromatic carbocycles. The van der Waals surface area contributed by atoms with Gasteiger partial charge in [-0.15, -0.1) is 0 Å². The van der Waals surface area contributed by atoms with E-state index in [0.717, 1.165) is 16.9 Å². The Balaban J connectivity index is 1.70. The maximum atomic E-state index is 12.9. The van der Waals surface area contributed by atoms with Gasteiger partial charge >= 0.3 is 0 Å². The minimum absolute atomic E-state index is 0.0734. The third-order valence-electron chi connectivity index (χ3n) is 4.64. The molecule has 0 spiro atoms. The minimum atomic E-state index is -0.0734. The van der Waals surface area contributed by atoms with Crippen LogP contribution >= 0.6 is 0 Å². The fraction of sp³-hybridized carbons (Fsp3) is 0.375. The van der Waals surface area contributed by atoms with Crippen molar-refractivity contribution in [2.75, 3.05) is 13.7 Å². The molecule has 0 aliphatic rings. The second kappa shape index (κ2) is 9.57. The highest BCUT2D eigenvalue weighted by atomic mass is 16.5. The molecule has 0 fully saturated rings. The first-order chi connectivity index (χ1) is 14.3. The molecule has 30 heavy (non-hydrogen) atoms. The number of rotatable bonds is 8. The molecule has 1 aromatic heterocycles. The highest BCUT2D eigenvalue weighted by Gasteiger charge is 2.22. The molecule has 0 unspecified atom stereocenters. The number of ether oxygens (including phenoxy) is 1. The van der Waals surface area contributed by atoms with Crippen molar-refractivity contribution in [3.05, 3.63) is 66.1 Å². The summed E-state index contributed by atoms with van der Waals surface area (Å²) in [5, 5.41) is 4.08. The number of hydrogen-bond acceptors (Lipinski definition) is 5. The van der Waals surface area contributed by atoms with Crippen LogP contribution in [0.15, 0.2) is 59.1 Å². The number of aromatic nitrogens is 2. The maximum Gasteiger partial charge on any atom is 0.228 e. The van der Waals surface area contributed by atoms with E-state index in [4.69, 9.17) is 9.26 Å². The van der Waals surface area contributed by atoms with E-state index in [0.29, 0.717) is 37.6 Å². The van der Waals surface area contributed by atoms with Crippen LogP contribution in [0.1, 0.15) is 38.6 Å². The van der Waals surface area contributed by atoms with Crippen LogP contribution in [-0.2, 0) is 17.8 Å². The maximum absolute atomic E-state index is 12.9. The zero-order valence-corrected chi connectivity index (χ0v) is 18.1. The van der Waals surface area contributed by atoms with Gasteiger partial charge in [0.1, 0.15) is 5.75 Å². The van der Waals surface area contributed by atoms with Gasteiger partial charge in [0.05, 0.1) is 7.11 Å². The molecule has 0 N–H and O–H groups in total. The molecule has 1 amide bonds. The van der Waals surface area contributed by atoms with Crippen molar-refractivity contribution in [1.29, 1.82) is 0 Å². The molecule has 3 rings (SSSR count). The average Bonchev–Trinajstić information content (AvgIpc) is 3.19. The molecular weight excluding hydrogens is 378 g/mol. The lowest BCUT2D eigenvalue weighted by Gasteiger charge is -2.26. The van der Waals surface area contributed by atoms with Crippen LogP contribution in [0.3, 0.4) is 0 Å². The van der Waals surface area contributed by atoms with E-state index in [1.54, 1.807) is 7.11 Å². The van der Waals surface area contributed by atoms with E-state index in [2.05, 4.69) is 30.9 Å². The molecule has 0 saturated heterocycles. The first-order valence-electron chi connectivity index (χ1n) is 10.1. The summed E-state index contributed by atoms with van der Waals surface area (Å²) in [5.74, 6) is 1.88. The zero-order chi connectivity index (χ0) is 21.6. The molecule has 158 valence electrons. The molecule has 0 radical (unpaired) electrons. The number of carbonyl (C=O) groups excluding carboxylic acids is 1. The van der Waals surface area contributed by atoms with Crippen molar-refractivity contribution >= 4 is 5.91 Å². The van der Waals surface area contributed by atoms with E-state index in [-0.39, 0.29) is 11.3 Å². The SMILES string of the molecule is COc1cccc(-c2noc(CCN(Cc3ccccc3)C(=O)CC(C)(C)C)n2)c1. The van der Waals surface area contributed by atoms with Crippen LogP contribution in [0, 0.1) is 5.41 Å². The lowest BCUT2D eigenvalue weighted by atomic mass is 9.91. The normalized spacial score (nSPS) is 11.3. The van der Waals surface area contributed by atoms with Crippen LogP contribution in [0.2, 0.25) is 0 Å². The lowest BCUT2D eigenvalue weighted by molar-refractivity contribution is -0.133. The van der Waals surface area contributed by atoms with E-state index < -0.39 is 0 Å². The molecule has 6 nitrogen and oxygen atoms in total. The second-order valence-corrected chi connectivity index (χ2v) is 8.53. The van der Waals surface area contributed by atoms with Gasteiger partial charge in [0.15, 0.2) is 0 Å². The number of carbonyl (C=O) groups is 1. The summed E-state index contributed by atoms with van der Waals surface area (Å²) in [6.07, 6.45) is 0.985. The van der Waals surface area contributed by atoms with Crippen molar-refractivity contribution in [2.24, 2.45) is 5.41 Å². The fourth-order valence-electron chi connectivity index (χ4n) is 3.13. The Morgan fingerprint density at radius 1 is 1.10 bits per heavy atom. The Bertz CT molecular complexity index is 961. The highest BCUT2D eigenvalue weighted by molar-refractivity contribution is 5.76. The van der Waals surface area contributed by atoms with Crippen molar-refractivity contribution in [1.82, 2.24) is 15.0 Å². The Kier molecular flexibility index (Phi) is 6.87. The summed E-state index contributed by atoms with van der Waals surface area (Å²) in [6, 6.07) is 17.5. The molecule has 0 aliphatic heterocycles. The van der Waals surface area contributed by atoms with Crippen molar-refractivity contribution in [3.63, 3.8) is 0 Å². The van der Waals surface area contributed by atoms with Gasteiger partial charge in [-0.1, -0.05) is 68.4 Å². The highest BCUT2D eigenvalue weighted by Crippen LogP contribution is 2.23. The number of amides is 1.